The molecule has 1 aliphatic rings. The number of hydrogen-bond acceptors (Lipinski definition) is 3. The van der Waals surface area contributed by atoms with Crippen molar-refractivity contribution in [2.75, 3.05) is 7.11 Å². The van der Waals surface area contributed by atoms with Gasteiger partial charge in [0.05, 0.1) is 7.11 Å². The first kappa shape index (κ1) is 12.7. The molecule has 0 saturated heterocycles. The lowest BCUT2D eigenvalue weighted by Crippen LogP contribution is -2.48. The zero-order valence-corrected chi connectivity index (χ0v) is 8.86. The zero-order valence-electron chi connectivity index (χ0n) is 8.04. The van der Waals surface area contributed by atoms with Crippen molar-refractivity contribution in [2.24, 2.45) is 5.73 Å². The molecule has 13 heavy (non-hydrogen) atoms. The van der Waals surface area contributed by atoms with Crippen LogP contribution < -0.4 is 5.73 Å². The molecule has 0 heterocycles. The van der Waals surface area contributed by atoms with E-state index >= 15 is 0 Å². The molecule has 0 radical (unpaired) electrons. The minimum Gasteiger partial charge on any atom is -0.468 e. The van der Waals surface area contributed by atoms with Crippen LogP contribution in [0.1, 0.15) is 38.5 Å². The zero-order chi connectivity index (χ0) is 9.03. The Morgan fingerprint density at radius 3 is 2.08 bits per heavy atom. The lowest BCUT2D eigenvalue weighted by molar-refractivity contribution is -0.147. The molecule has 0 aromatic heterocycles. The van der Waals surface area contributed by atoms with Crippen molar-refractivity contribution >= 4 is 18.4 Å². The summed E-state index contributed by atoms with van der Waals surface area (Å²) in [6.45, 7) is 0. The van der Waals surface area contributed by atoms with Crippen molar-refractivity contribution in [1.82, 2.24) is 0 Å². The Morgan fingerprint density at radius 2 is 1.69 bits per heavy atom. The molecule has 0 unspecified atom stereocenters. The number of carbonyl (C=O) groups excluding carboxylic acids is 1. The lowest BCUT2D eigenvalue weighted by atomic mass is 9.92. The monoisotopic (exact) mass is 207 g/mol. The van der Waals surface area contributed by atoms with Gasteiger partial charge in [0.2, 0.25) is 0 Å². The molecule has 0 aromatic carbocycles. The van der Waals surface area contributed by atoms with Crippen LogP contribution in [0.2, 0.25) is 0 Å². The van der Waals surface area contributed by atoms with Gasteiger partial charge in [0, 0.05) is 0 Å². The Kier molecular flexibility index (Phi) is 5.33. The highest BCUT2D eigenvalue weighted by Crippen LogP contribution is 2.25. The van der Waals surface area contributed by atoms with Crippen LogP contribution in [0, 0.1) is 0 Å². The van der Waals surface area contributed by atoms with Crippen LogP contribution in [0.25, 0.3) is 0 Å². The SMILES string of the molecule is COC(=O)C1(N)CCCCCC1.Cl. The van der Waals surface area contributed by atoms with E-state index in [-0.39, 0.29) is 18.4 Å². The molecular weight excluding hydrogens is 190 g/mol. The Bertz CT molecular complexity index is 165. The highest BCUT2D eigenvalue weighted by atomic mass is 35.5. The molecule has 2 N–H and O–H groups in total. The maximum absolute atomic E-state index is 11.3. The van der Waals surface area contributed by atoms with E-state index in [0.717, 1.165) is 25.7 Å². The summed E-state index contributed by atoms with van der Waals surface area (Å²) in [6.07, 6.45) is 6.03. The number of esters is 1. The highest BCUT2D eigenvalue weighted by molar-refractivity contribution is 5.85. The number of rotatable bonds is 1. The quantitative estimate of drug-likeness (QED) is 0.525. The second-order valence-corrected chi connectivity index (χ2v) is 3.56. The summed E-state index contributed by atoms with van der Waals surface area (Å²) in [5.74, 6) is -0.246. The Hall–Kier alpha value is -0.280. The van der Waals surface area contributed by atoms with Crippen molar-refractivity contribution in [3.8, 4) is 0 Å². The predicted molar refractivity (Wildman–Crippen MR) is 53.9 cm³/mol. The molecule has 0 aliphatic heterocycles. The van der Waals surface area contributed by atoms with Crippen molar-refractivity contribution in [1.29, 1.82) is 0 Å². The molecule has 0 amide bonds. The van der Waals surface area contributed by atoms with Crippen molar-refractivity contribution in [3.05, 3.63) is 0 Å². The van der Waals surface area contributed by atoms with Crippen LogP contribution >= 0.6 is 12.4 Å². The van der Waals surface area contributed by atoms with Gasteiger partial charge in [-0.05, 0) is 12.8 Å². The molecule has 0 atom stereocenters. The number of carbonyl (C=O) groups is 1. The van der Waals surface area contributed by atoms with Crippen LogP contribution in [-0.2, 0) is 9.53 Å². The summed E-state index contributed by atoms with van der Waals surface area (Å²) < 4.78 is 4.68. The standard InChI is InChI=1S/C9H17NO2.ClH/c1-12-8(11)9(10)6-4-2-3-5-7-9;/h2-7,10H2,1H3;1H. The normalized spacial score (nSPS) is 21.1. The fourth-order valence-electron chi connectivity index (χ4n) is 1.77. The molecular formula is C9H18ClNO2. The molecule has 1 saturated carbocycles. The average molecular weight is 208 g/mol. The first-order chi connectivity index (χ1) is 5.69. The number of nitrogens with two attached hydrogens (primary N) is 1. The van der Waals surface area contributed by atoms with Crippen molar-refractivity contribution in [3.63, 3.8) is 0 Å². The third-order valence-electron chi connectivity index (χ3n) is 2.59. The molecule has 1 fully saturated rings. The van der Waals surface area contributed by atoms with Gasteiger partial charge in [0.1, 0.15) is 5.54 Å². The fraction of sp³-hybridized carbons (Fsp3) is 0.889. The lowest BCUT2D eigenvalue weighted by Gasteiger charge is -2.24. The minimum absolute atomic E-state index is 0. The molecule has 3 nitrogen and oxygen atoms in total. The third kappa shape index (κ3) is 3.16. The van der Waals surface area contributed by atoms with E-state index in [4.69, 9.17) is 5.73 Å². The van der Waals surface area contributed by atoms with Gasteiger partial charge in [-0.25, -0.2) is 0 Å². The minimum atomic E-state index is -0.689. The Labute approximate surface area is 85.4 Å². The maximum atomic E-state index is 11.3. The second kappa shape index (κ2) is 5.45. The fourth-order valence-corrected chi connectivity index (χ4v) is 1.77. The van der Waals surface area contributed by atoms with E-state index in [1.165, 1.54) is 20.0 Å². The summed E-state index contributed by atoms with van der Waals surface area (Å²) >= 11 is 0. The molecule has 1 rings (SSSR count). The van der Waals surface area contributed by atoms with Crippen LogP contribution in [0.5, 0.6) is 0 Å². The molecule has 0 bridgehead atoms. The Morgan fingerprint density at radius 1 is 1.23 bits per heavy atom. The second-order valence-electron chi connectivity index (χ2n) is 3.56. The Balaban J connectivity index is 0.00000144. The van der Waals surface area contributed by atoms with Crippen LogP contribution in [0.15, 0.2) is 0 Å². The predicted octanol–water partition coefficient (Wildman–Crippen LogP) is 1.63. The largest absolute Gasteiger partial charge is 0.468 e. The summed E-state index contributed by atoms with van der Waals surface area (Å²) in [4.78, 5) is 11.3. The highest BCUT2D eigenvalue weighted by Gasteiger charge is 2.35. The van der Waals surface area contributed by atoms with Gasteiger partial charge in [0.15, 0.2) is 0 Å². The van der Waals surface area contributed by atoms with Crippen LogP contribution in [0.3, 0.4) is 0 Å². The summed E-state index contributed by atoms with van der Waals surface area (Å²) in [7, 11) is 1.40. The number of ether oxygens (including phenoxy) is 1. The van der Waals surface area contributed by atoms with Crippen LogP contribution in [-0.4, -0.2) is 18.6 Å². The molecule has 0 spiro atoms. The van der Waals surface area contributed by atoms with Crippen LogP contribution in [0.4, 0.5) is 0 Å². The molecule has 0 aromatic rings. The van der Waals surface area contributed by atoms with Gasteiger partial charge in [-0.3, -0.25) is 4.79 Å². The number of halogens is 1. The van der Waals surface area contributed by atoms with E-state index in [1.807, 2.05) is 0 Å². The molecule has 78 valence electrons. The number of methoxy groups -OCH3 is 1. The van der Waals surface area contributed by atoms with Gasteiger partial charge in [-0.1, -0.05) is 25.7 Å². The summed E-state index contributed by atoms with van der Waals surface area (Å²) in [5, 5.41) is 0. The van der Waals surface area contributed by atoms with Gasteiger partial charge in [0.25, 0.3) is 0 Å². The van der Waals surface area contributed by atoms with Gasteiger partial charge >= 0.3 is 5.97 Å². The summed E-state index contributed by atoms with van der Waals surface area (Å²) in [5.41, 5.74) is 5.25. The van der Waals surface area contributed by atoms with Gasteiger partial charge in [-0.15, -0.1) is 12.4 Å². The third-order valence-corrected chi connectivity index (χ3v) is 2.59. The van der Waals surface area contributed by atoms with E-state index < -0.39 is 5.54 Å². The van der Waals surface area contributed by atoms with Crippen molar-refractivity contribution in [2.45, 2.75) is 44.1 Å². The molecule has 4 heteroatoms. The van der Waals surface area contributed by atoms with E-state index in [2.05, 4.69) is 4.74 Å². The van der Waals surface area contributed by atoms with E-state index in [1.54, 1.807) is 0 Å². The van der Waals surface area contributed by atoms with E-state index in [0.29, 0.717) is 0 Å². The average Bonchev–Trinajstić information content (AvgIpc) is 2.29. The topological polar surface area (TPSA) is 52.3 Å². The van der Waals surface area contributed by atoms with Gasteiger partial charge in [-0.2, -0.15) is 0 Å². The molecule has 1 aliphatic carbocycles. The van der Waals surface area contributed by atoms with Gasteiger partial charge < -0.3 is 10.5 Å². The summed E-state index contributed by atoms with van der Waals surface area (Å²) in [6, 6.07) is 0. The van der Waals surface area contributed by atoms with Crippen molar-refractivity contribution < 1.29 is 9.53 Å². The first-order valence-corrected chi connectivity index (χ1v) is 4.56. The van der Waals surface area contributed by atoms with E-state index in [9.17, 15) is 4.79 Å². The smallest absolute Gasteiger partial charge is 0.325 e. The maximum Gasteiger partial charge on any atom is 0.325 e. The first-order valence-electron chi connectivity index (χ1n) is 4.56. The number of hydrogen-bond donors (Lipinski definition) is 1.